The fraction of sp³-hybridized carbons (Fsp3) is 0.929. The van der Waals surface area contributed by atoms with Crippen molar-refractivity contribution in [3.8, 4) is 6.57 Å². The van der Waals surface area contributed by atoms with Crippen molar-refractivity contribution in [2.45, 2.75) is 44.2 Å². The van der Waals surface area contributed by atoms with Crippen LogP contribution in [-0.4, -0.2) is 50.9 Å². The largest absolute Gasteiger partial charge is 0.379 e. The van der Waals surface area contributed by atoms with Gasteiger partial charge in [-0.25, -0.2) is 0 Å². The van der Waals surface area contributed by atoms with E-state index >= 15 is 0 Å². The first kappa shape index (κ1) is 16.7. The Morgan fingerprint density at radius 3 is 2.47 bits per heavy atom. The van der Waals surface area contributed by atoms with Crippen LogP contribution in [0.1, 0.15) is 32.1 Å². The summed E-state index contributed by atoms with van der Waals surface area (Å²) in [6.45, 7) is 8.93. The van der Waals surface area contributed by atoms with Gasteiger partial charge in [-0.2, -0.15) is 0 Å². The average Bonchev–Trinajstić information content (AvgIpc) is 3.19. The smallest absolute Gasteiger partial charge is 0.289 e. The molecule has 0 aromatic heterocycles. The van der Waals surface area contributed by atoms with E-state index in [9.17, 15) is 0 Å². The Kier molecular flexibility index (Phi) is 10.1. The summed E-state index contributed by atoms with van der Waals surface area (Å²) in [4.78, 5) is 3.73. The van der Waals surface area contributed by atoms with Gasteiger partial charge in [0.05, 0.1) is 32.3 Å². The molecule has 110 valence electrons. The summed E-state index contributed by atoms with van der Waals surface area (Å²) in [5.41, 5.74) is 0. The summed E-state index contributed by atoms with van der Waals surface area (Å²) < 4.78 is 10.9. The van der Waals surface area contributed by atoms with E-state index in [1.807, 2.05) is 0 Å². The second-order valence-corrected chi connectivity index (χ2v) is 5.22. The van der Waals surface area contributed by atoms with E-state index in [0.29, 0.717) is 31.9 Å². The highest BCUT2D eigenvalue weighted by molar-refractivity contribution is 6.17. The molecular weight excluding hydrogens is 264 g/mol. The van der Waals surface area contributed by atoms with Crippen molar-refractivity contribution in [2.24, 2.45) is 0 Å². The second-order valence-electron chi connectivity index (χ2n) is 4.84. The van der Waals surface area contributed by atoms with E-state index in [1.165, 1.54) is 12.8 Å². The molecular formula is C14H26ClN2O2+. The third-order valence-corrected chi connectivity index (χ3v) is 3.41. The predicted octanol–water partition coefficient (Wildman–Crippen LogP) is 2.51. The van der Waals surface area contributed by atoms with Crippen LogP contribution >= 0.6 is 11.6 Å². The lowest BCUT2D eigenvalue weighted by Gasteiger charge is -2.06. The van der Waals surface area contributed by atoms with Gasteiger partial charge in [-0.05, 0) is 12.8 Å². The molecule has 1 N–H and O–H groups in total. The highest BCUT2D eigenvalue weighted by atomic mass is 35.5. The Morgan fingerprint density at radius 1 is 1.05 bits per heavy atom. The molecule has 19 heavy (non-hydrogen) atoms. The van der Waals surface area contributed by atoms with Gasteiger partial charge in [-0.15, -0.1) is 11.6 Å². The van der Waals surface area contributed by atoms with Crippen LogP contribution in [0.5, 0.6) is 0 Å². The van der Waals surface area contributed by atoms with Gasteiger partial charge in [0.2, 0.25) is 0 Å². The third-order valence-electron chi connectivity index (χ3n) is 3.15. The normalized spacial score (nSPS) is 21.3. The molecule has 0 saturated heterocycles. The molecule has 0 radical (unpaired) electrons. The molecule has 2 unspecified atom stereocenters. The van der Waals surface area contributed by atoms with Crippen molar-refractivity contribution in [1.29, 1.82) is 0 Å². The van der Waals surface area contributed by atoms with Crippen molar-refractivity contribution in [1.82, 2.24) is 5.32 Å². The Hall–Kier alpha value is -0.340. The number of nitrogens with zero attached hydrogens (tertiary/aromatic N) is 1. The fourth-order valence-corrected chi connectivity index (χ4v) is 2.05. The number of ether oxygens (including phenoxy) is 2. The lowest BCUT2D eigenvalue weighted by molar-refractivity contribution is 0.0473. The number of unbranched alkanes of at least 4 members (excludes halogenated alkanes) is 3. The topological polar surface area (TPSA) is 34.9 Å². The number of alkyl halides is 1. The molecule has 1 aliphatic rings. The van der Waals surface area contributed by atoms with Crippen LogP contribution in [0, 0.1) is 6.57 Å². The molecule has 0 aromatic carbocycles. The molecule has 4 nitrogen and oxygen atoms in total. The van der Waals surface area contributed by atoms with Crippen LogP contribution in [0.4, 0.5) is 0 Å². The van der Waals surface area contributed by atoms with Gasteiger partial charge in [0.25, 0.3) is 12.6 Å². The van der Waals surface area contributed by atoms with Gasteiger partial charge in [0, 0.05) is 19.0 Å². The molecule has 0 aliphatic heterocycles. The summed E-state index contributed by atoms with van der Waals surface area (Å²) in [5.74, 6) is 0.768. The zero-order valence-corrected chi connectivity index (χ0v) is 12.4. The highest BCUT2D eigenvalue weighted by Crippen LogP contribution is 2.24. The molecule has 5 heteroatoms. The van der Waals surface area contributed by atoms with Gasteiger partial charge >= 0.3 is 0 Å². The number of hydrogen-bond acceptors (Lipinski definition) is 3. The van der Waals surface area contributed by atoms with Crippen LogP contribution in [0.15, 0.2) is 0 Å². The summed E-state index contributed by atoms with van der Waals surface area (Å²) >= 11 is 5.60. The van der Waals surface area contributed by atoms with Crippen LogP contribution in [0.2, 0.25) is 0 Å². The number of halogens is 1. The van der Waals surface area contributed by atoms with Crippen molar-refractivity contribution in [3.05, 3.63) is 4.85 Å². The van der Waals surface area contributed by atoms with Crippen LogP contribution in [0.3, 0.4) is 0 Å². The minimum absolute atomic E-state index is 0.321. The first-order valence-corrected chi connectivity index (χ1v) is 7.76. The van der Waals surface area contributed by atoms with Crippen LogP contribution in [0.25, 0.3) is 4.85 Å². The van der Waals surface area contributed by atoms with E-state index < -0.39 is 0 Å². The third kappa shape index (κ3) is 9.23. The summed E-state index contributed by atoms with van der Waals surface area (Å²) in [5, 5.41) is 3.34. The first-order chi connectivity index (χ1) is 9.38. The maximum absolute atomic E-state index is 5.60. The van der Waals surface area contributed by atoms with Gasteiger partial charge in [0.15, 0.2) is 0 Å². The molecule has 0 amide bonds. The van der Waals surface area contributed by atoms with Gasteiger partial charge < -0.3 is 14.8 Å². The zero-order chi connectivity index (χ0) is 13.8. The summed E-state index contributed by atoms with van der Waals surface area (Å²) in [6.07, 6.45) is 5.68. The highest BCUT2D eigenvalue weighted by Gasteiger charge is 2.46. The van der Waals surface area contributed by atoms with E-state index in [2.05, 4.69) is 10.2 Å². The Morgan fingerprint density at radius 2 is 1.79 bits per heavy atom. The summed E-state index contributed by atoms with van der Waals surface area (Å²) in [7, 11) is 0. The van der Waals surface area contributed by atoms with Crippen LogP contribution < -0.4 is 5.32 Å². The molecule has 1 rings (SSSR count). The Balaban J connectivity index is 1.67. The Labute approximate surface area is 121 Å². The maximum Gasteiger partial charge on any atom is 0.289 e. The summed E-state index contributed by atoms with van der Waals surface area (Å²) in [6, 6.07) is 0.792. The average molecular weight is 290 g/mol. The fourth-order valence-electron chi connectivity index (χ4n) is 1.86. The van der Waals surface area contributed by atoms with E-state index in [-0.39, 0.29) is 0 Å². The SMILES string of the molecule is C#[N+]C1CC1NCCOCCOCCCCCCCl. The van der Waals surface area contributed by atoms with E-state index in [1.54, 1.807) is 0 Å². The molecule has 1 aliphatic carbocycles. The maximum atomic E-state index is 5.60. The number of rotatable bonds is 13. The number of nitrogens with one attached hydrogen (secondary N) is 1. The molecule has 0 spiro atoms. The van der Waals surface area contributed by atoms with Crippen molar-refractivity contribution >= 4 is 11.6 Å². The van der Waals surface area contributed by atoms with Gasteiger partial charge in [-0.3, -0.25) is 0 Å². The quantitative estimate of drug-likeness (QED) is 0.418. The number of hydrogen-bond donors (Lipinski definition) is 1. The minimum atomic E-state index is 0.321. The molecule has 1 saturated carbocycles. The first-order valence-electron chi connectivity index (χ1n) is 7.23. The molecule has 0 heterocycles. The lowest BCUT2D eigenvalue weighted by atomic mass is 10.2. The van der Waals surface area contributed by atoms with E-state index in [4.69, 9.17) is 27.6 Å². The van der Waals surface area contributed by atoms with Crippen molar-refractivity contribution < 1.29 is 9.47 Å². The van der Waals surface area contributed by atoms with Gasteiger partial charge in [0.1, 0.15) is 0 Å². The Bertz CT molecular complexity index is 258. The predicted molar refractivity (Wildman–Crippen MR) is 79.3 cm³/mol. The monoisotopic (exact) mass is 289 g/mol. The second kappa shape index (κ2) is 11.5. The lowest BCUT2D eigenvalue weighted by Crippen LogP contribution is -2.24. The van der Waals surface area contributed by atoms with Crippen molar-refractivity contribution in [3.63, 3.8) is 0 Å². The zero-order valence-electron chi connectivity index (χ0n) is 11.7. The molecule has 0 bridgehead atoms. The molecule has 0 aromatic rings. The standard InChI is InChI=1S/C14H26ClN2O2/c1-16-13-12-14(13)17-7-9-19-11-10-18-8-5-3-2-4-6-15/h1,13-14,17H,2-12H2/q+1. The van der Waals surface area contributed by atoms with Crippen molar-refractivity contribution in [2.75, 3.05) is 38.9 Å². The molecule has 2 atom stereocenters. The molecule has 1 fully saturated rings. The van der Waals surface area contributed by atoms with E-state index in [0.717, 1.165) is 38.3 Å². The van der Waals surface area contributed by atoms with Crippen LogP contribution in [-0.2, 0) is 9.47 Å². The van der Waals surface area contributed by atoms with Gasteiger partial charge in [-0.1, -0.05) is 17.7 Å². The minimum Gasteiger partial charge on any atom is -0.379 e.